The van der Waals surface area contributed by atoms with Gasteiger partial charge in [-0.2, -0.15) is 13.2 Å². The number of ketones is 1. The number of hydrogen-bond donors (Lipinski definition) is 3. The van der Waals surface area contributed by atoms with Gasteiger partial charge in [-0.3, -0.25) is 14.4 Å². The van der Waals surface area contributed by atoms with Gasteiger partial charge in [0.15, 0.2) is 5.78 Å². The Balaban J connectivity index is 1.99. The number of carbonyl (C=O) groups excluding carboxylic acids is 3. The molecule has 0 aliphatic heterocycles. The monoisotopic (exact) mass is 407 g/mol. The highest BCUT2D eigenvalue weighted by molar-refractivity contribution is 5.98. The van der Waals surface area contributed by atoms with E-state index in [4.69, 9.17) is 0 Å². The number of amides is 2. The minimum absolute atomic E-state index is 0.0388. The average molecular weight is 407 g/mol. The lowest BCUT2D eigenvalue weighted by Gasteiger charge is -2.13. The Labute approximate surface area is 165 Å². The van der Waals surface area contributed by atoms with Crippen molar-refractivity contribution in [3.8, 4) is 0 Å². The van der Waals surface area contributed by atoms with Gasteiger partial charge in [0.2, 0.25) is 5.91 Å². The van der Waals surface area contributed by atoms with Crippen molar-refractivity contribution in [2.24, 2.45) is 0 Å². The van der Waals surface area contributed by atoms with Gasteiger partial charge in [-0.25, -0.2) is 0 Å². The molecule has 0 heterocycles. The topological polar surface area (TPSA) is 87.3 Å². The first-order valence-electron chi connectivity index (χ1n) is 8.65. The van der Waals surface area contributed by atoms with Crippen LogP contribution in [0.15, 0.2) is 42.5 Å². The molecular formula is C20H20F3N3O3. The molecule has 0 spiro atoms. The number of halogens is 3. The van der Waals surface area contributed by atoms with Crippen LogP contribution in [0.5, 0.6) is 0 Å². The van der Waals surface area contributed by atoms with Crippen molar-refractivity contribution in [1.29, 1.82) is 0 Å². The van der Waals surface area contributed by atoms with Crippen LogP contribution >= 0.6 is 0 Å². The number of hydrogen-bond acceptors (Lipinski definition) is 4. The Bertz CT molecular complexity index is 927. The number of alkyl halides is 3. The fourth-order valence-electron chi connectivity index (χ4n) is 2.43. The van der Waals surface area contributed by atoms with Gasteiger partial charge in [0.05, 0.1) is 6.54 Å². The molecule has 2 aromatic carbocycles. The number of Topliss-reactive ketones (excluding diaryl/α,β-unsaturated/α-hetero) is 1. The molecule has 29 heavy (non-hydrogen) atoms. The highest BCUT2D eigenvalue weighted by atomic mass is 19.4. The predicted molar refractivity (Wildman–Crippen MR) is 103 cm³/mol. The van der Waals surface area contributed by atoms with Gasteiger partial charge >= 0.3 is 6.18 Å². The molecule has 0 saturated heterocycles. The van der Waals surface area contributed by atoms with E-state index in [0.29, 0.717) is 22.5 Å². The Kier molecular flexibility index (Phi) is 6.98. The molecule has 0 unspecified atom stereocenters. The lowest BCUT2D eigenvalue weighted by molar-refractivity contribution is -0.123. The van der Waals surface area contributed by atoms with Crippen LogP contribution in [0, 0.1) is 6.92 Å². The van der Waals surface area contributed by atoms with Crippen molar-refractivity contribution in [3.05, 3.63) is 59.2 Å². The molecule has 0 fully saturated rings. The van der Waals surface area contributed by atoms with Crippen LogP contribution in [0.2, 0.25) is 0 Å². The zero-order valence-electron chi connectivity index (χ0n) is 15.8. The summed E-state index contributed by atoms with van der Waals surface area (Å²) in [6.45, 7) is 1.58. The highest BCUT2D eigenvalue weighted by Gasteiger charge is 2.28. The Morgan fingerprint density at radius 3 is 2.38 bits per heavy atom. The van der Waals surface area contributed by atoms with Crippen LogP contribution in [-0.4, -0.2) is 36.9 Å². The van der Waals surface area contributed by atoms with Crippen molar-refractivity contribution < 1.29 is 27.6 Å². The normalized spacial score (nSPS) is 10.9. The first-order valence-corrected chi connectivity index (χ1v) is 8.65. The van der Waals surface area contributed by atoms with E-state index in [-0.39, 0.29) is 17.9 Å². The van der Waals surface area contributed by atoms with Crippen LogP contribution < -0.4 is 16.0 Å². The second-order valence-electron chi connectivity index (χ2n) is 6.37. The van der Waals surface area contributed by atoms with E-state index >= 15 is 0 Å². The first-order chi connectivity index (χ1) is 13.5. The number of nitrogens with one attached hydrogen (secondary N) is 3. The van der Waals surface area contributed by atoms with E-state index in [1.54, 1.807) is 42.6 Å². The minimum atomic E-state index is -4.50. The predicted octanol–water partition coefficient (Wildman–Crippen LogP) is 3.54. The zero-order valence-corrected chi connectivity index (χ0v) is 15.8. The molecule has 0 aliphatic carbocycles. The number of carbonyl (C=O) groups is 3. The van der Waals surface area contributed by atoms with E-state index in [1.165, 1.54) is 19.1 Å². The van der Waals surface area contributed by atoms with Crippen LogP contribution in [0.1, 0.15) is 33.2 Å². The van der Waals surface area contributed by atoms with Crippen LogP contribution in [-0.2, 0) is 4.79 Å². The SMILES string of the molecule is CC(=O)c1cccc(NC(=O)CNc2cc(C(=O)NCC(F)(F)F)ccc2C)c1. The van der Waals surface area contributed by atoms with Crippen molar-refractivity contribution in [1.82, 2.24) is 5.32 Å². The smallest absolute Gasteiger partial charge is 0.376 e. The Hall–Kier alpha value is -3.36. The largest absolute Gasteiger partial charge is 0.405 e. The molecule has 0 aliphatic rings. The van der Waals surface area contributed by atoms with E-state index in [2.05, 4.69) is 10.6 Å². The number of anilines is 2. The Morgan fingerprint density at radius 1 is 1.00 bits per heavy atom. The van der Waals surface area contributed by atoms with Crippen LogP contribution in [0.4, 0.5) is 24.5 Å². The summed E-state index contributed by atoms with van der Waals surface area (Å²) in [6.07, 6.45) is -4.50. The van der Waals surface area contributed by atoms with Gasteiger partial charge in [0.25, 0.3) is 5.91 Å². The summed E-state index contributed by atoms with van der Waals surface area (Å²) >= 11 is 0. The van der Waals surface area contributed by atoms with Crippen molar-refractivity contribution >= 4 is 29.0 Å². The standard InChI is InChI=1S/C20H20F3N3O3/c1-12-6-7-15(19(29)25-11-20(21,22)23)9-17(12)24-10-18(28)26-16-5-3-4-14(8-16)13(2)27/h3-9,24H,10-11H2,1-2H3,(H,25,29)(H,26,28). The maximum atomic E-state index is 12.2. The summed E-state index contributed by atoms with van der Waals surface area (Å²) in [5, 5.41) is 7.30. The average Bonchev–Trinajstić information content (AvgIpc) is 2.65. The maximum absolute atomic E-state index is 12.2. The summed E-state index contributed by atoms with van der Waals surface area (Å²) < 4.78 is 36.7. The van der Waals surface area contributed by atoms with Crippen molar-refractivity contribution in [3.63, 3.8) is 0 Å². The molecule has 154 valence electrons. The molecule has 0 saturated carbocycles. The molecule has 0 bridgehead atoms. The van der Waals surface area contributed by atoms with E-state index in [0.717, 1.165) is 0 Å². The lowest BCUT2D eigenvalue weighted by Crippen LogP contribution is -2.33. The quantitative estimate of drug-likeness (QED) is 0.613. The molecule has 0 atom stereocenters. The fourth-order valence-corrected chi connectivity index (χ4v) is 2.43. The summed E-state index contributed by atoms with van der Waals surface area (Å²) in [6, 6.07) is 10.8. The highest BCUT2D eigenvalue weighted by Crippen LogP contribution is 2.18. The van der Waals surface area contributed by atoms with E-state index < -0.39 is 24.5 Å². The van der Waals surface area contributed by atoms with Crippen LogP contribution in [0.3, 0.4) is 0 Å². The van der Waals surface area contributed by atoms with E-state index in [1.807, 2.05) is 0 Å². The van der Waals surface area contributed by atoms with Gasteiger partial charge in [-0.1, -0.05) is 18.2 Å². The molecule has 6 nitrogen and oxygen atoms in total. The zero-order chi connectivity index (χ0) is 21.6. The molecule has 2 amide bonds. The molecule has 0 radical (unpaired) electrons. The number of benzene rings is 2. The lowest BCUT2D eigenvalue weighted by atomic mass is 10.1. The van der Waals surface area contributed by atoms with Gasteiger partial charge in [-0.05, 0) is 43.7 Å². The van der Waals surface area contributed by atoms with Gasteiger partial charge < -0.3 is 16.0 Å². The van der Waals surface area contributed by atoms with Crippen molar-refractivity contribution in [2.75, 3.05) is 23.7 Å². The van der Waals surface area contributed by atoms with Gasteiger partial charge in [0.1, 0.15) is 6.54 Å². The summed E-state index contributed by atoms with van der Waals surface area (Å²) in [5.41, 5.74) is 2.11. The second kappa shape index (κ2) is 9.22. The molecule has 9 heteroatoms. The Morgan fingerprint density at radius 2 is 1.72 bits per heavy atom. The molecule has 3 N–H and O–H groups in total. The molecule has 0 aromatic heterocycles. The first kappa shape index (κ1) is 21.9. The number of aryl methyl sites for hydroxylation is 1. The minimum Gasteiger partial charge on any atom is -0.376 e. The maximum Gasteiger partial charge on any atom is 0.405 e. The van der Waals surface area contributed by atoms with Gasteiger partial charge in [-0.15, -0.1) is 0 Å². The molecule has 2 rings (SSSR count). The van der Waals surface area contributed by atoms with Crippen LogP contribution in [0.25, 0.3) is 0 Å². The summed E-state index contributed by atoms with van der Waals surface area (Å²) in [7, 11) is 0. The fraction of sp³-hybridized carbons (Fsp3) is 0.250. The third kappa shape index (κ3) is 6.95. The third-order valence-electron chi connectivity index (χ3n) is 3.94. The number of rotatable bonds is 7. The van der Waals surface area contributed by atoms with Crippen molar-refractivity contribution in [2.45, 2.75) is 20.0 Å². The molecular weight excluding hydrogens is 387 g/mol. The van der Waals surface area contributed by atoms with Gasteiger partial charge in [0, 0.05) is 22.5 Å². The third-order valence-corrected chi connectivity index (χ3v) is 3.94. The second-order valence-corrected chi connectivity index (χ2v) is 6.37. The summed E-state index contributed by atoms with van der Waals surface area (Å²) in [4.78, 5) is 35.4. The van der Waals surface area contributed by atoms with E-state index in [9.17, 15) is 27.6 Å². The molecule has 2 aromatic rings. The summed E-state index contributed by atoms with van der Waals surface area (Å²) in [5.74, 6) is -1.39.